The Morgan fingerprint density at radius 3 is 2.88 bits per heavy atom. The second-order valence-corrected chi connectivity index (χ2v) is 3.83. The third kappa shape index (κ3) is 4.64. The molecule has 0 aliphatic rings. The summed E-state index contributed by atoms with van der Waals surface area (Å²) in [6, 6.07) is -0.673. The van der Waals surface area contributed by atoms with E-state index in [0.29, 0.717) is 11.6 Å². The largest absolute Gasteiger partial charge is 0.481 e. The number of urea groups is 1. The molecule has 0 bridgehead atoms. The molecule has 9 heteroatoms. The fraction of sp³-hybridized carbons (Fsp3) is 0.571. The highest BCUT2D eigenvalue weighted by Gasteiger charge is 2.10. The molecule has 0 spiro atoms. The number of aromatic nitrogens is 3. The SMILES string of the molecule is CC(CCC(=O)O)NC(=O)Nc1nnns1. The molecule has 0 aliphatic carbocycles. The van der Waals surface area contributed by atoms with Crippen molar-refractivity contribution in [3.8, 4) is 0 Å². The smallest absolute Gasteiger partial charge is 0.321 e. The lowest BCUT2D eigenvalue weighted by Crippen LogP contribution is -2.36. The first kappa shape index (κ1) is 12.3. The number of hydrogen-bond acceptors (Lipinski definition) is 6. The summed E-state index contributed by atoms with van der Waals surface area (Å²) in [5.74, 6) is -0.887. The summed E-state index contributed by atoms with van der Waals surface area (Å²) in [7, 11) is 0. The average Bonchev–Trinajstić information content (AvgIpc) is 2.67. The predicted octanol–water partition coefficient (Wildman–Crippen LogP) is 0.308. The molecule has 2 amide bonds. The predicted molar refractivity (Wildman–Crippen MR) is 56.2 cm³/mol. The van der Waals surface area contributed by atoms with Crippen LogP contribution in [0.15, 0.2) is 0 Å². The van der Waals surface area contributed by atoms with E-state index in [0.717, 1.165) is 11.5 Å². The average molecular weight is 245 g/mol. The van der Waals surface area contributed by atoms with Gasteiger partial charge < -0.3 is 10.4 Å². The molecule has 1 rings (SSSR count). The summed E-state index contributed by atoms with van der Waals surface area (Å²) in [5.41, 5.74) is 0. The van der Waals surface area contributed by atoms with Gasteiger partial charge in [-0.15, -0.1) is 0 Å². The molecule has 1 heterocycles. The lowest BCUT2D eigenvalue weighted by Gasteiger charge is -2.11. The zero-order valence-corrected chi connectivity index (χ0v) is 9.32. The minimum Gasteiger partial charge on any atom is -0.481 e. The maximum absolute atomic E-state index is 11.3. The second-order valence-electron chi connectivity index (χ2n) is 3.10. The molecule has 16 heavy (non-hydrogen) atoms. The van der Waals surface area contributed by atoms with Gasteiger partial charge in [-0.1, -0.05) is 9.59 Å². The van der Waals surface area contributed by atoms with E-state index in [1.165, 1.54) is 0 Å². The lowest BCUT2D eigenvalue weighted by molar-refractivity contribution is -0.137. The standard InChI is InChI=1S/C7H11N5O3S/c1-4(2-3-5(13)14)8-6(15)9-7-10-11-12-16-7/h4H,2-3H2,1H3,(H,13,14)(H2,8,9,10,12,15). The molecule has 1 aromatic rings. The van der Waals surface area contributed by atoms with Gasteiger partial charge >= 0.3 is 12.0 Å². The van der Waals surface area contributed by atoms with Crippen LogP contribution in [0.5, 0.6) is 0 Å². The summed E-state index contributed by atoms with van der Waals surface area (Å²) in [5, 5.41) is 20.6. The molecular formula is C7H11N5O3S. The highest BCUT2D eigenvalue weighted by molar-refractivity contribution is 7.09. The minimum atomic E-state index is -0.887. The Morgan fingerprint density at radius 2 is 2.31 bits per heavy atom. The first-order valence-electron chi connectivity index (χ1n) is 4.52. The first-order chi connectivity index (χ1) is 7.58. The van der Waals surface area contributed by atoms with E-state index < -0.39 is 12.0 Å². The van der Waals surface area contributed by atoms with Crippen LogP contribution < -0.4 is 10.6 Å². The van der Waals surface area contributed by atoms with Gasteiger partial charge in [-0.05, 0) is 18.6 Å². The molecular weight excluding hydrogens is 234 g/mol. The molecule has 1 unspecified atom stereocenters. The molecule has 1 atom stereocenters. The van der Waals surface area contributed by atoms with Gasteiger partial charge in [0.05, 0.1) is 0 Å². The van der Waals surface area contributed by atoms with Crippen molar-refractivity contribution in [2.75, 3.05) is 5.32 Å². The number of rotatable bonds is 5. The number of carbonyl (C=O) groups excluding carboxylic acids is 1. The van der Waals surface area contributed by atoms with Crippen LogP contribution in [0.25, 0.3) is 0 Å². The molecule has 88 valence electrons. The van der Waals surface area contributed by atoms with Crippen LogP contribution >= 0.6 is 11.5 Å². The Labute approximate surface area is 95.2 Å². The van der Waals surface area contributed by atoms with Crippen LogP contribution in [-0.2, 0) is 4.79 Å². The summed E-state index contributed by atoms with van der Waals surface area (Å²) >= 11 is 0.958. The van der Waals surface area contributed by atoms with E-state index in [4.69, 9.17) is 5.11 Å². The maximum Gasteiger partial charge on any atom is 0.321 e. The lowest BCUT2D eigenvalue weighted by atomic mass is 10.2. The first-order valence-corrected chi connectivity index (χ1v) is 5.29. The van der Waals surface area contributed by atoms with Crippen LogP contribution in [-0.4, -0.2) is 37.9 Å². The van der Waals surface area contributed by atoms with Gasteiger partial charge in [0.2, 0.25) is 5.13 Å². The minimum absolute atomic E-state index is 0.0157. The number of hydrogen-bond donors (Lipinski definition) is 3. The van der Waals surface area contributed by atoms with Crippen molar-refractivity contribution in [3.63, 3.8) is 0 Å². The zero-order chi connectivity index (χ0) is 12.0. The summed E-state index contributed by atoms with van der Waals surface area (Å²) in [6.45, 7) is 1.72. The van der Waals surface area contributed by atoms with Crippen LogP contribution in [0.4, 0.5) is 9.93 Å². The van der Waals surface area contributed by atoms with Gasteiger partial charge in [0.25, 0.3) is 0 Å². The third-order valence-corrected chi connectivity index (χ3v) is 2.20. The van der Waals surface area contributed by atoms with Gasteiger partial charge in [-0.25, -0.2) is 4.79 Å². The number of carboxylic acid groups (broad SMARTS) is 1. The summed E-state index contributed by atoms with van der Waals surface area (Å²) in [4.78, 5) is 21.6. The van der Waals surface area contributed by atoms with Crippen LogP contribution in [0, 0.1) is 0 Å². The Hall–Kier alpha value is -1.77. The van der Waals surface area contributed by atoms with Gasteiger partial charge in [-0.2, -0.15) is 0 Å². The number of nitrogens with zero attached hydrogens (tertiary/aromatic N) is 3. The third-order valence-electron chi connectivity index (χ3n) is 1.69. The fourth-order valence-corrected chi connectivity index (χ4v) is 1.31. The van der Waals surface area contributed by atoms with E-state index >= 15 is 0 Å². The van der Waals surface area contributed by atoms with E-state index in [1.807, 2.05) is 0 Å². The Kier molecular flexibility index (Phi) is 4.58. The van der Waals surface area contributed by atoms with Crippen LogP contribution in [0.3, 0.4) is 0 Å². The van der Waals surface area contributed by atoms with Gasteiger partial charge in [0, 0.05) is 24.0 Å². The molecule has 8 nitrogen and oxygen atoms in total. The van der Waals surface area contributed by atoms with E-state index in [9.17, 15) is 9.59 Å². The van der Waals surface area contributed by atoms with Crippen molar-refractivity contribution in [2.24, 2.45) is 0 Å². The highest BCUT2D eigenvalue weighted by Crippen LogP contribution is 2.04. The van der Waals surface area contributed by atoms with E-state index in [1.54, 1.807) is 6.92 Å². The topological polar surface area (TPSA) is 117 Å². The highest BCUT2D eigenvalue weighted by atomic mass is 32.1. The number of carbonyl (C=O) groups is 2. The monoisotopic (exact) mass is 245 g/mol. The quantitative estimate of drug-likeness (QED) is 0.687. The Bertz CT molecular complexity index is 355. The number of amides is 2. The molecule has 3 N–H and O–H groups in total. The molecule has 0 saturated heterocycles. The number of anilines is 1. The van der Waals surface area contributed by atoms with Crippen molar-refractivity contribution >= 4 is 28.7 Å². The summed E-state index contributed by atoms with van der Waals surface area (Å²) in [6.07, 6.45) is 0.388. The van der Waals surface area contributed by atoms with E-state index in [2.05, 4.69) is 25.4 Å². The fourth-order valence-electron chi connectivity index (χ4n) is 0.951. The zero-order valence-electron chi connectivity index (χ0n) is 8.51. The van der Waals surface area contributed by atoms with E-state index in [-0.39, 0.29) is 12.5 Å². The molecule has 0 fully saturated rings. The van der Waals surface area contributed by atoms with Crippen molar-refractivity contribution in [3.05, 3.63) is 0 Å². The van der Waals surface area contributed by atoms with Crippen molar-refractivity contribution in [1.82, 2.24) is 20.1 Å². The maximum atomic E-state index is 11.3. The molecule has 0 saturated carbocycles. The van der Waals surface area contributed by atoms with Gasteiger partial charge in [0.1, 0.15) is 0 Å². The van der Waals surface area contributed by atoms with Crippen molar-refractivity contribution < 1.29 is 14.7 Å². The second kappa shape index (κ2) is 5.95. The van der Waals surface area contributed by atoms with Crippen LogP contribution in [0.1, 0.15) is 19.8 Å². The molecule has 0 aliphatic heterocycles. The molecule has 0 aromatic carbocycles. The Morgan fingerprint density at radius 1 is 1.56 bits per heavy atom. The number of aliphatic carboxylic acids is 1. The number of nitrogens with one attached hydrogen (secondary N) is 2. The van der Waals surface area contributed by atoms with Gasteiger partial charge in [0.15, 0.2) is 0 Å². The molecule has 0 radical (unpaired) electrons. The molecule has 1 aromatic heterocycles. The van der Waals surface area contributed by atoms with Crippen molar-refractivity contribution in [1.29, 1.82) is 0 Å². The van der Waals surface area contributed by atoms with Gasteiger partial charge in [-0.3, -0.25) is 10.1 Å². The van der Waals surface area contributed by atoms with Crippen molar-refractivity contribution in [2.45, 2.75) is 25.8 Å². The Balaban J connectivity index is 2.25. The number of carboxylic acids is 1. The normalized spacial score (nSPS) is 11.8. The van der Waals surface area contributed by atoms with Crippen LogP contribution in [0.2, 0.25) is 0 Å². The summed E-state index contributed by atoms with van der Waals surface area (Å²) < 4.78 is 3.47.